The quantitative estimate of drug-likeness (QED) is 0.127. The number of aromatic hydroxyl groups is 2. The zero-order valence-corrected chi connectivity index (χ0v) is 31.2. The third kappa shape index (κ3) is 24.7. The molecule has 0 aliphatic carbocycles. The number of carbonyl (C=O) groups excluding carboxylic acids is 4. The normalized spacial score (nSPS) is 9.18. The van der Waals surface area contributed by atoms with Crippen molar-refractivity contribution >= 4 is 35.5 Å². The molecule has 2 rings (SSSR count). The zero-order chi connectivity index (χ0) is 32.7. The van der Waals surface area contributed by atoms with Crippen LogP contribution in [0.1, 0.15) is 112 Å². The minimum atomic E-state index is -1.48. The third-order valence-corrected chi connectivity index (χ3v) is 6.39. The smallest absolute Gasteiger partial charge is 0.545 e. The SMILES string of the molecule is CCCCCCCCOC(=O)Nc1ccc(C(=O)[O-])c(O)c1.CCCCCCCCOC(=O)Nc1ccc(C(=O)[O-])c(O)c1.O.O.O.O.[Zn+2]. The number of hydrogen-bond acceptors (Lipinski definition) is 10. The molecule has 0 radical (unpaired) electrons. The van der Waals surface area contributed by atoms with Gasteiger partial charge in [-0.05, 0) is 37.1 Å². The summed E-state index contributed by atoms with van der Waals surface area (Å²) in [6.45, 7) is 4.98. The number of nitrogens with one attached hydrogen (secondary N) is 2. The Bertz CT molecular complexity index is 1110. The van der Waals surface area contributed by atoms with Crippen molar-refractivity contribution < 1.29 is 90.5 Å². The Kier molecular flexibility index (Phi) is 36.1. The minimum Gasteiger partial charge on any atom is -0.545 e. The van der Waals surface area contributed by atoms with E-state index in [0.717, 1.165) is 62.8 Å². The number of ether oxygens (including phenoxy) is 2. The number of unbranched alkanes of at least 4 members (excludes halogenated alkanes) is 10. The molecule has 2 aromatic rings. The number of carboxylic acid groups (broad SMARTS) is 2. The second kappa shape index (κ2) is 32.5. The van der Waals surface area contributed by atoms with E-state index >= 15 is 0 Å². The minimum absolute atomic E-state index is 0. The Balaban J connectivity index is -0.000000239. The van der Waals surface area contributed by atoms with E-state index in [9.17, 15) is 39.6 Å². The summed E-state index contributed by atoms with van der Waals surface area (Å²) in [4.78, 5) is 44.3. The van der Waals surface area contributed by atoms with Crippen LogP contribution in [0.25, 0.3) is 0 Å². The van der Waals surface area contributed by atoms with Crippen LogP contribution >= 0.6 is 0 Å². The van der Waals surface area contributed by atoms with Gasteiger partial charge in [-0.25, -0.2) is 9.59 Å². The van der Waals surface area contributed by atoms with Gasteiger partial charge >= 0.3 is 31.7 Å². The first-order valence-corrected chi connectivity index (χ1v) is 15.0. The van der Waals surface area contributed by atoms with Gasteiger partial charge in [0.25, 0.3) is 0 Å². The first-order chi connectivity index (χ1) is 21.1. The number of carboxylic acids is 2. The van der Waals surface area contributed by atoms with Gasteiger partial charge in [0, 0.05) is 34.6 Å². The molecular formula is C32H52N2O14Zn. The number of aromatic carboxylic acids is 2. The van der Waals surface area contributed by atoms with Gasteiger partial charge < -0.3 is 61.4 Å². The number of benzene rings is 2. The molecule has 0 atom stereocenters. The van der Waals surface area contributed by atoms with Gasteiger partial charge in [0.2, 0.25) is 0 Å². The van der Waals surface area contributed by atoms with Crippen LogP contribution in [0.2, 0.25) is 0 Å². The molecule has 17 heteroatoms. The maximum Gasteiger partial charge on any atom is 2.00 e. The van der Waals surface area contributed by atoms with E-state index in [1.807, 2.05) is 0 Å². The van der Waals surface area contributed by atoms with E-state index < -0.39 is 35.6 Å². The van der Waals surface area contributed by atoms with Crippen LogP contribution in [0.3, 0.4) is 0 Å². The molecule has 0 spiro atoms. The maximum absolute atomic E-state index is 11.5. The molecule has 0 aromatic heterocycles. The second-order valence-corrected chi connectivity index (χ2v) is 10.1. The summed E-state index contributed by atoms with van der Waals surface area (Å²) in [7, 11) is 0. The number of hydrogen-bond donors (Lipinski definition) is 4. The fraction of sp³-hybridized carbons (Fsp3) is 0.500. The average molecular weight is 754 g/mol. The number of rotatable bonds is 18. The molecule has 0 unspecified atom stereocenters. The molecule has 0 saturated carbocycles. The van der Waals surface area contributed by atoms with E-state index in [1.54, 1.807) is 0 Å². The van der Waals surface area contributed by atoms with Gasteiger partial charge in [0.1, 0.15) is 11.5 Å². The molecule has 0 saturated heterocycles. The summed E-state index contributed by atoms with van der Waals surface area (Å²) < 4.78 is 10.0. The van der Waals surface area contributed by atoms with E-state index in [2.05, 4.69) is 24.5 Å². The summed E-state index contributed by atoms with van der Waals surface area (Å²) in [6, 6.07) is 7.31. The molecule has 12 N–H and O–H groups in total. The Morgan fingerprint density at radius 1 is 0.571 bits per heavy atom. The van der Waals surface area contributed by atoms with Gasteiger partial charge in [0.15, 0.2) is 0 Å². The van der Waals surface area contributed by atoms with Gasteiger partial charge in [0.05, 0.1) is 25.2 Å². The van der Waals surface area contributed by atoms with Crippen molar-refractivity contribution in [3.05, 3.63) is 47.5 Å². The Hall–Kier alpha value is -4.02. The topological polar surface area (TPSA) is 323 Å². The molecular weight excluding hydrogens is 702 g/mol. The summed E-state index contributed by atoms with van der Waals surface area (Å²) in [5.41, 5.74) is -0.136. The molecule has 2 aromatic carbocycles. The average Bonchev–Trinajstić information content (AvgIpc) is 2.96. The standard InChI is InChI=1S/2C16H23NO5.4H2O.Zn/c2*1-2-3-4-5-6-7-10-22-16(21)17-12-8-9-13(15(19)20)14(18)11-12;;;;;/h2*8-9,11,18H,2-7,10H2,1H3,(H,17,21)(H,19,20);4*1H2;/q;;;;;;+2/p-2. The van der Waals surface area contributed by atoms with Crippen molar-refractivity contribution in [1.82, 2.24) is 0 Å². The van der Waals surface area contributed by atoms with E-state index in [4.69, 9.17) is 9.47 Å². The number of carbonyl (C=O) groups is 4. The molecule has 0 bridgehead atoms. The van der Waals surface area contributed by atoms with Crippen molar-refractivity contribution in [2.75, 3.05) is 23.8 Å². The van der Waals surface area contributed by atoms with Gasteiger partial charge in [-0.15, -0.1) is 0 Å². The maximum atomic E-state index is 11.5. The monoisotopic (exact) mass is 752 g/mol. The first-order valence-electron chi connectivity index (χ1n) is 15.0. The molecule has 49 heavy (non-hydrogen) atoms. The Morgan fingerprint density at radius 2 is 0.878 bits per heavy atom. The Labute approximate surface area is 299 Å². The second-order valence-electron chi connectivity index (χ2n) is 10.1. The van der Waals surface area contributed by atoms with E-state index in [-0.39, 0.29) is 63.9 Å². The molecule has 0 aliphatic heterocycles. The van der Waals surface area contributed by atoms with Gasteiger partial charge in [-0.3, -0.25) is 10.6 Å². The molecule has 2 amide bonds. The predicted molar refractivity (Wildman–Crippen MR) is 176 cm³/mol. The van der Waals surface area contributed by atoms with Crippen LogP contribution in [-0.4, -0.2) is 69.5 Å². The fourth-order valence-corrected chi connectivity index (χ4v) is 3.97. The van der Waals surface area contributed by atoms with Crippen LogP contribution in [0, 0.1) is 0 Å². The fourth-order valence-electron chi connectivity index (χ4n) is 3.97. The summed E-state index contributed by atoms with van der Waals surface area (Å²) >= 11 is 0. The van der Waals surface area contributed by atoms with Gasteiger partial charge in [-0.1, -0.05) is 78.1 Å². The summed E-state index contributed by atoms with van der Waals surface area (Å²) in [5.74, 6) is -3.88. The van der Waals surface area contributed by atoms with E-state index in [1.165, 1.54) is 50.7 Å². The molecule has 0 aliphatic rings. The molecule has 16 nitrogen and oxygen atoms in total. The number of phenols is 2. The van der Waals surface area contributed by atoms with E-state index in [0.29, 0.717) is 13.2 Å². The first kappa shape index (κ1) is 54.4. The molecule has 0 heterocycles. The third-order valence-electron chi connectivity index (χ3n) is 6.39. The van der Waals surface area contributed by atoms with Crippen LogP contribution in [0.5, 0.6) is 11.5 Å². The molecule has 0 fully saturated rings. The van der Waals surface area contributed by atoms with Crippen molar-refractivity contribution in [3.63, 3.8) is 0 Å². The Morgan fingerprint density at radius 3 is 1.16 bits per heavy atom. The van der Waals surface area contributed by atoms with Crippen LogP contribution in [-0.2, 0) is 29.0 Å². The number of amides is 2. The molecule has 276 valence electrons. The van der Waals surface area contributed by atoms with Crippen molar-refractivity contribution in [3.8, 4) is 11.5 Å². The van der Waals surface area contributed by atoms with Crippen molar-refractivity contribution in [2.45, 2.75) is 90.9 Å². The summed E-state index contributed by atoms with van der Waals surface area (Å²) in [6.07, 6.45) is 11.9. The summed E-state index contributed by atoms with van der Waals surface area (Å²) in [5, 5.41) is 45.1. The largest absolute Gasteiger partial charge is 2.00 e. The predicted octanol–water partition coefficient (Wildman–Crippen LogP) is 2.03. The van der Waals surface area contributed by atoms with Crippen LogP contribution in [0.4, 0.5) is 21.0 Å². The van der Waals surface area contributed by atoms with Crippen molar-refractivity contribution in [2.24, 2.45) is 0 Å². The zero-order valence-electron chi connectivity index (χ0n) is 28.2. The van der Waals surface area contributed by atoms with Crippen molar-refractivity contribution in [1.29, 1.82) is 0 Å². The van der Waals surface area contributed by atoms with Gasteiger partial charge in [-0.2, -0.15) is 0 Å². The van der Waals surface area contributed by atoms with Crippen LogP contribution < -0.4 is 20.8 Å². The van der Waals surface area contributed by atoms with Crippen LogP contribution in [0.15, 0.2) is 36.4 Å². The number of anilines is 2.